The van der Waals surface area contributed by atoms with Crippen molar-refractivity contribution in [2.45, 2.75) is 39.7 Å². The molecule has 0 saturated carbocycles. The third-order valence-corrected chi connectivity index (χ3v) is 2.41. The first-order valence-electron chi connectivity index (χ1n) is 5.74. The quantitative estimate of drug-likeness (QED) is 0.570. The monoisotopic (exact) mass is 230 g/mol. The van der Waals surface area contributed by atoms with Gasteiger partial charge in [-0.1, -0.05) is 20.8 Å². The van der Waals surface area contributed by atoms with E-state index < -0.39 is 5.97 Å². The molecular formula is C11H22N2O3. The Balaban J connectivity index is 4.03. The summed E-state index contributed by atoms with van der Waals surface area (Å²) >= 11 is 0. The molecule has 0 aliphatic heterocycles. The molecule has 0 fully saturated rings. The molecule has 94 valence electrons. The van der Waals surface area contributed by atoms with Crippen LogP contribution in [0.4, 0.5) is 0 Å². The number of amides is 1. The van der Waals surface area contributed by atoms with Crippen molar-refractivity contribution in [3.63, 3.8) is 0 Å². The van der Waals surface area contributed by atoms with Crippen molar-refractivity contribution in [1.29, 1.82) is 0 Å². The molecule has 0 saturated heterocycles. The summed E-state index contributed by atoms with van der Waals surface area (Å²) in [4.78, 5) is 22.2. The molecule has 0 aromatic carbocycles. The minimum atomic E-state index is -0.883. The van der Waals surface area contributed by atoms with Gasteiger partial charge in [-0.3, -0.25) is 9.59 Å². The van der Waals surface area contributed by atoms with Crippen molar-refractivity contribution in [3.8, 4) is 0 Å². The molecule has 0 heterocycles. The molecule has 2 atom stereocenters. The zero-order chi connectivity index (χ0) is 12.6. The van der Waals surface area contributed by atoms with Gasteiger partial charge in [0.05, 0.1) is 6.42 Å². The van der Waals surface area contributed by atoms with E-state index in [-0.39, 0.29) is 24.3 Å². The van der Waals surface area contributed by atoms with Crippen molar-refractivity contribution in [2.24, 2.45) is 5.92 Å². The lowest BCUT2D eigenvalue weighted by atomic mass is 10.1. The Morgan fingerprint density at radius 2 is 1.94 bits per heavy atom. The van der Waals surface area contributed by atoms with Crippen molar-refractivity contribution >= 4 is 11.9 Å². The molecule has 5 nitrogen and oxygen atoms in total. The molecule has 3 N–H and O–H groups in total. The van der Waals surface area contributed by atoms with Gasteiger partial charge in [0.25, 0.3) is 0 Å². The summed E-state index contributed by atoms with van der Waals surface area (Å²) in [5.74, 6) is -1.11. The maximum Gasteiger partial charge on any atom is 0.305 e. The summed E-state index contributed by atoms with van der Waals surface area (Å²) in [6, 6.07) is -0.269. The van der Waals surface area contributed by atoms with Crippen LogP contribution in [0.2, 0.25) is 0 Å². The average molecular weight is 230 g/mol. The zero-order valence-electron chi connectivity index (χ0n) is 10.2. The highest BCUT2D eigenvalue weighted by Gasteiger charge is 2.17. The van der Waals surface area contributed by atoms with Crippen LogP contribution in [0.15, 0.2) is 0 Å². The van der Waals surface area contributed by atoms with Crippen LogP contribution in [0, 0.1) is 5.92 Å². The second kappa shape index (κ2) is 8.10. The standard InChI is InChI=1S/C11H22N2O3/c1-4-9(6-10(14)15)13-11(16)8(3)7-12-5-2/h8-9,12H,4-7H2,1-3H3,(H,13,16)(H,14,15). The number of rotatable bonds is 8. The summed E-state index contributed by atoms with van der Waals surface area (Å²) in [5.41, 5.74) is 0. The van der Waals surface area contributed by atoms with Crippen LogP contribution in [-0.2, 0) is 9.59 Å². The van der Waals surface area contributed by atoms with Crippen LogP contribution >= 0.6 is 0 Å². The van der Waals surface area contributed by atoms with E-state index >= 15 is 0 Å². The van der Waals surface area contributed by atoms with Gasteiger partial charge in [0.2, 0.25) is 5.91 Å². The van der Waals surface area contributed by atoms with Crippen molar-refractivity contribution in [1.82, 2.24) is 10.6 Å². The summed E-state index contributed by atoms with van der Waals surface area (Å²) in [6.07, 6.45) is 0.613. The second-order valence-electron chi connectivity index (χ2n) is 3.92. The van der Waals surface area contributed by atoms with Crippen LogP contribution < -0.4 is 10.6 Å². The summed E-state index contributed by atoms with van der Waals surface area (Å²) in [6.45, 7) is 7.11. The number of hydrogen-bond acceptors (Lipinski definition) is 3. The molecule has 0 radical (unpaired) electrons. The molecule has 2 unspecified atom stereocenters. The lowest BCUT2D eigenvalue weighted by molar-refractivity contribution is -0.137. The van der Waals surface area contributed by atoms with Gasteiger partial charge < -0.3 is 15.7 Å². The highest BCUT2D eigenvalue weighted by atomic mass is 16.4. The van der Waals surface area contributed by atoms with Gasteiger partial charge in [-0.15, -0.1) is 0 Å². The Hall–Kier alpha value is -1.10. The molecule has 1 amide bonds. The molecular weight excluding hydrogens is 208 g/mol. The van der Waals surface area contributed by atoms with Crippen molar-refractivity contribution < 1.29 is 14.7 Å². The number of aliphatic carboxylic acids is 1. The maximum absolute atomic E-state index is 11.7. The van der Waals surface area contributed by atoms with E-state index in [0.29, 0.717) is 13.0 Å². The molecule has 5 heteroatoms. The predicted octanol–water partition coefficient (Wildman–Crippen LogP) is 0.601. The fourth-order valence-electron chi connectivity index (χ4n) is 1.31. The average Bonchev–Trinajstić information content (AvgIpc) is 2.23. The van der Waals surface area contributed by atoms with Crippen LogP contribution in [0.3, 0.4) is 0 Å². The molecule has 0 bridgehead atoms. The fraction of sp³-hybridized carbons (Fsp3) is 0.818. The molecule has 0 aromatic heterocycles. The number of carbonyl (C=O) groups is 2. The highest BCUT2D eigenvalue weighted by molar-refractivity contribution is 5.79. The van der Waals surface area contributed by atoms with Crippen molar-refractivity contribution in [2.75, 3.05) is 13.1 Å². The van der Waals surface area contributed by atoms with Gasteiger partial charge in [-0.05, 0) is 13.0 Å². The Labute approximate surface area is 96.6 Å². The summed E-state index contributed by atoms with van der Waals surface area (Å²) in [5, 5.41) is 14.5. The molecule has 0 aromatic rings. The summed E-state index contributed by atoms with van der Waals surface area (Å²) in [7, 11) is 0. The minimum absolute atomic E-state index is 0.0177. The van der Waals surface area contributed by atoms with E-state index in [0.717, 1.165) is 6.54 Å². The van der Waals surface area contributed by atoms with Crippen molar-refractivity contribution in [3.05, 3.63) is 0 Å². The molecule has 0 aliphatic rings. The first-order chi connectivity index (χ1) is 7.51. The number of hydrogen-bond donors (Lipinski definition) is 3. The van der Waals surface area contributed by atoms with Gasteiger partial charge in [0.15, 0.2) is 0 Å². The van der Waals surface area contributed by atoms with E-state index in [2.05, 4.69) is 10.6 Å². The van der Waals surface area contributed by atoms with E-state index in [1.54, 1.807) is 0 Å². The maximum atomic E-state index is 11.7. The van der Waals surface area contributed by atoms with Crippen LogP contribution in [0.25, 0.3) is 0 Å². The predicted molar refractivity (Wildman–Crippen MR) is 62.2 cm³/mol. The largest absolute Gasteiger partial charge is 0.481 e. The molecule has 0 spiro atoms. The molecule has 0 rings (SSSR count). The van der Waals surface area contributed by atoms with E-state index in [4.69, 9.17) is 5.11 Å². The van der Waals surface area contributed by atoms with E-state index in [1.165, 1.54) is 0 Å². The first kappa shape index (κ1) is 14.9. The topological polar surface area (TPSA) is 78.4 Å². The molecule has 0 aliphatic carbocycles. The zero-order valence-corrected chi connectivity index (χ0v) is 10.2. The third-order valence-electron chi connectivity index (χ3n) is 2.41. The van der Waals surface area contributed by atoms with E-state index in [9.17, 15) is 9.59 Å². The number of carboxylic acids is 1. The van der Waals surface area contributed by atoms with Gasteiger partial charge in [-0.25, -0.2) is 0 Å². The lowest BCUT2D eigenvalue weighted by Gasteiger charge is -2.18. The Bertz CT molecular complexity index is 231. The smallest absolute Gasteiger partial charge is 0.305 e. The summed E-state index contributed by atoms with van der Waals surface area (Å²) < 4.78 is 0. The van der Waals surface area contributed by atoms with Gasteiger partial charge in [0.1, 0.15) is 0 Å². The van der Waals surface area contributed by atoms with Gasteiger partial charge in [-0.2, -0.15) is 0 Å². The minimum Gasteiger partial charge on any atom is -0.481 e. The van der Waals surface area contributed by atoms with Gasteiger partial charge >= 0.3 is 5.97 Å². The Morgan fingerprint density at radius 1 is 1.31 bits per heavy atom. The fourth-order valence-corrected chi connectivity index (χ4v) is 1.31. The normalized spacial score (nSPS) is 14.2. The number of nitrogens with one attached hydrogen (secondary N) is 2. The third kappa shape index (κ3) is 6.40. The van der Waals surface area contributed by atoms with Crippen LogP contribution in [0.1, 0.15) is 33.6 Å². The van der Waals surface area contributed by atoms with Crippen LogP contribution in [-0.4, -0.2) is 36.1 Å². The highest BCUT2D eigenvalue weighted by Crippen LogP contribution is 2.01. The Morgan fingerprint density at radius 3 is 2.38 bits per heavy atom. The number of carboxylic acid groups (broad SMARTS) is 1. The second-order valence-corrected chi connectivity index (χ2v) is 3.92. The first-order valence-corrected chi connectivity index (χ1v) is 5.74. The SMILES string of the molecule is CCNCC(C)C(=O)NC(CC)CC(=O)O. The van der Waals surface area contributed by atoms with Gasteiger partial charge in [0, 0.05) is 18.5 Å². The van der Waals surface area contributed by atoms with Crippen LogP contribution in [0.5, 0.6) is 0 Å². The Kier molecular flexibility index (Phi) is 7.54. The lowest BCUT2D eigenvalue weighted by Crippen LogP contribution is -2.41. The van der Waals surface area contributed by atoms with E-state index in [1.807, 2.05) is 20.8 Å². The number of carbonyl (C=O) groups excluding carboxylic acids is 1. The molecule has 16 heavy (non-hydrogen) atoms.